The summed E-state index contributed by atoms with van der Waals surface area (Å²) < 4.78 is 7.87. The Kier molecular flexibility index (Phi) is 5.14. The van der Waals surface area contributed by atoms with E-state index < -0.39 is 0 Å². The molecule has 4 rings (SSSR count). The highest BCUT2D eigenvalue weighted by Crippen LogP contribution is 2.27. The zero-order valence-electron chi connectivity index (χ0n) is 16.1. The molecule has 5 heteroatoms. The third-order valence-electron chi connectivity index (χ3n) is 5.62. The summed E-state index contributed by atoms with van der Waals surface area (Å²) in [5, 5.41) is 1.51. The maximum atomic E-state index is 13.0. The van der Waals surface area contributed by atoms with Crippen molar-refractivity contribution in [3.63, 3.8) is 0 Å². The molecule has 142 valence electrons. The van der Waals surface area contributed by atoms with Gasteiger partial charge in [-0.05, 0) is 44.3 Å². The van der Waals surface area contributed by atoms with Gasteiger partial charge in [0.05, 0.1) is 23.5 Å². The van der Waals surface area contributed by atoms with E-state index in [9.17, 15) is 4.79 Å². The first-order valence-electron chi connectivity index (χ1n) is 9.68. The maximum absolute atomic E-state index is 13.0. The molecule has 0 atom stereocenters. The van der Waals surface area contributed by atoms with E-state index in [2.05, 4.69) is 21.4 Å². The van der Waals surface area contributed by atoms with Crippen LogP contribution in [0.25, 0.3) is 21.8 Å². The standard InChI is InChI=1S/C22H27N3O2/c1-23-13-15-24(16-14-23)11-6-12-25-19-9-4-3-7-17(19)22(26)18-8-5-10-20(27-2)21(18)25/h3-5,7-10H,6,11-16H2,1-2H3. The first-order valence-corrected chi connectivity index (χ1v) is 9.68. The third kappa shape index (κ3) is 3.45. The van der Waals surface area contributed by atoms with Crippen molar-refractivity contribution in [2.24, 2.45) is 0 Å². The Morgan fingerprint density at radius 3 is 2.44 bits per heavy atom. The van der Waals surface area contributed by atoms with Crippen molar-refractivity contribution >= 4 is 21.8 Å². The van der Waals surface area contributed by atoms with Gasteiger partial charge in [-0.3, -0.25) is 4.79 Å². The molecule has 0 radical (unpaired) electrons. The van der Waals surface area contributed by atoms with Crippen LogP contribution in [0.4, 0.5) is 0 Å². The molecule has 0 saturated carbocycles. The fraction of sp³-hybridized carbons (Fsp3) is 0.409. The van der Waals surface area contributed by atoms with E-state index in [1.807, 2.05) is 42.5 Å². The molecule has 2 aromatic carbocycles. The number of rotatable bonds is 5. The highest BCUT2D eigenvalue weighted by atomic mass is 16.5. The van der Waals surface area contributed by atoms with Gasteiger partial charge < -0.3 is 19.1 Å². The third-order valence-corrected chi connectivity index (χ3v) is 5.62. The predicted molar refractivity (Wildman–Crippen MR) is 111 cm³/mol. The van der Waals surface area contributed by atoms with Crippen molar-refractivity contribution < 1.29 is 4.74 Å². The number of aromatic nitrogens is 1. The Labute approximate surface area is 159 Å². The average Bonchev–Trinajstić information content (AvgIpc) is 2.71. The lowest BCUT2D eigenvalue weighted by Crippen LogP contribution is -2.44. The van der Waals surface area contributed by atoms with Crippen molar-refractivity contribution in [1.29, 1.82) is 0 Å². The smallest absolute Gasteiger partial charge is 0.197 e. The van der Waals surface area contributed by atoms with Gasteiger partial charge in [0.25, 0.3) is 0 Å². The number of benzene rings is 2. The minimum Gasteiger partial charge on any atom is -0.495 e. The summed E-state index contributed by atoms with van der Waals surface area (Å²) in [5.74, 6) is 0.759. The number of methoxy groups -OCH3 is 1. The van der Waals surface area contributed by atoms with Gasteiger partial charge in [-0.15, -0.1) is 0 Å². The number of likely N-dealkylation sites (N-methyl/N-ethyl adjacent to an activating group) is 1. The zero-order valence-corrected chi connectivity index (χ0v) is 16.1. The van der Waals surface area contributed by atoms with E-state index in [1.54, 1.807) is 7.11 Å². The van der Waals surface area contributed by atoms with E-state index in [4.69, 9.17) is 4.74 Å². The summed E-state index contributed by atoms with van der Waals surface area (Å²) in [6.07, 6.45) is 1.05. The number of nitrogens with zero attached hydrogens (tertiary/aromatic N) is 3. The van der Waals surface area contributed by atoms with Crippen molar-refractivity contribution in [2.45, 2.75) is 13.0 Å². The molecule has 0 unspecified atom stereocenters. The van der Waals surface area contributed by atoms with E-state index >= 15 is 0 Å². The molecule has 1 aliphatic heterocycles. The number of fused-ring (bicyclic) bond motifs is 2. The van der Waals surface area contributed by atoms with Gasteiger partial charge in [0, 0.05) is 38.1 Å². The van der Waals surface area contributed by atoms with Crippen LogP contribution in [0.5, 0.6) is 5.75 Å². The van der Waals surface area contributed by atoms with Gasteiger partial charge in [0.2, 0.25) is 0 Å². The summed E-state index contributed by atoms with van der Waals surface area (Å²) in [5.41, 5.74) is 1.97. The Morgan fingerprint density at radius 1 is 0.926 bits per heavy atom. The van der Waals surface area contributed by atoms with Crippen LogP contribution in [0, 0.1) is 0 Å². The molecule has 2 heterocycles. The summed E-state index contributed by atoms with van der Waals surface area (Å²) >= 11 is 0. The molecule has 1 saturated heterocycles. The lowest BCUT2D eigenvalue weighted by atomic mass is 10.1. The van der Waals surface area contributed by atoms with E-state index in [0.717, 1.165) is 73.2 Å². The van der Waals surface area contributed by atoms with Crippen LogP contribution in [-0.4, -0.2) is 61.2 Å². The number of aryl methyl sites for hydroxylation is 1. The summed E-state index contributed by atoms with van der Waals surface area (Å²) in [7, 11) is 3.85. The van der Waals surface area contributed by atoms with Crippen molar-refractivity contribution in [2.75, 3.05) is 46.9 Å². The van der Waals surface area contributed by atoms with Crippen LogP contribution >= 0.6 is 0 Å². The number of pyridine rings is 1. The van der Waals surface area contributed by atoms with E-state index in [-0.39, 0.29) is 5.43 Å². The second-order valence-corrected chi connectivity index (χ2v) is 7.35. The Hall–Kier alpha value is -2.37. The summed E-state index contributed by atoms with van der Waals surface area (Å²) in [6.45, 7) is 6.47. The quantitative estimate of drug-likeness (QED) is 0.652. The maximum Gasteiger partial charge on any atom is 0.197 e. The Morgan fingerprint density at radius 2 is 1.67 bits per heavy atom. The van der Waals surface area contributed by atoms with Crippen molar-refractivity contribution in [3.8, 4) is 5.75 Å². The number of hydrogen-bond donors (Lipinski definition) is 0. The average molecular weight is 365 g/mol. The molecular weight excluding hydrogens is 338 g/mol. The molecule has 0 N–H and O–H groups in total. The Bertz CT molecular complexity index is 1000. The highest BCUT2D eigenvalue weighted by molar-refractivity contribution is 5.96. The normalized spacial score (nSPS) is 16.2. The van der Waals surface area contributed by atoms with E-state index in [0.29, 0.717) is 0 Å². The van der Waals surface area contributed by atoms with Crippen LogP contribution in [0.1, 0.15) is 6.42 Å². The molecular formula is C22H27N3O2. The van der Waals surface area contributed by atoms with Gasteiger partial charge in [0.15, 0.2) is 5.43 Å². The largest absolute Gasteiger partial charge is 0.495 e. The second-order valence-electron chi connectivity index (χ2n) is 7.35. The van der Waals surface area contributed by atoms with Gasteiger partial charge in [0.1, 0.15) is 5.75 Å². The highest BCUT2D eigenvalue weighted by Gasteiger charge is 2.16. The van der Waals surface area contributed by atoms with E-state index in [1.165, 1.54) is 0 Å². The lowest BCUT2D eigenvalue weighted by Gasteiger charge is -2.32. The fourth-order valence-electron chi connectivity index (χ4n) is 4.07. The van der Waals surface area contributed by atoms with Gasteiger partial charge >= 0.3 is 0 Å². The summed E-state index contributed by atoms with van der Waals surface area (Å²) in [4.78, 5) is 17.9. The van der Waals surface area contributed by atoms with Crippen LogP contribution in [0.2, 0.25) is 0 Å². The fourth-order valence-corrected chi connectivity index (χ4v) is 4.07. The SMILES string of the molecule is COc1cccc2c(=O)c3ccccc3n(CCCN3CCN(C)CC3)c12. The van der Waals surface area contributed by atoms with Gasteiger partial charge in [-0.1, -0.05) is 18.2 Å². The molecule has 0 amide bonds. The molecule has 5 nitrogen and oxygen atoms in total. The first kappa shape index (κ1) is 18.0. The zero-order chi connectivity index (χ0) is 18.8. The molecule has 1 aromatic heterocycles. The number of para-hydroxylation sites is 2. The topological polar surface area (TPSA) is 37.7 Å². The van der Waals surface area contributed by atoms with Gasteiger partial charge in [-0.25, -0.2) is 0 Å². The second kappa shape index (κ2) is 7.71. The molecule has 1 aliphatic rings. The molecule has 3 aromatic rings. The van der Waals surface area contributed by atoms with Crippen LogP contribution in [-0.2, 0) is 6.54 Å². The molecule has 1 fully saturated rings. The minimum atomic E-state index is 0.0785. The number of ether oxygens (including phenoxy) is 1. The lowest BCUT2D eigenvalue weighted by molar-refractivity contribution is 0.151. The number of hydrogen-bond acceptors (Lipinski definition) is 4. The first-order chi connectivity index (χ1) is 13.2. The molecule has 0 aliphatic carbocycles. The molecule has 0 spiro atoms. The number of piperazine rings is 1. The molecule has 0 bridgehead atoms. The van der Waals surface area contributed by atoms with Crippen molar-refractivity contribution in [3.05, 3.63) is 52.7 Å². The Balaban J connectivity index is 1.71. The van der Waals surface area contributed by atoms with Crippen LogP contribution < -0.4 is 10.2 Å². The molecule has 27 heavy (non-hydrogen) atoms. The van der Waals surface area contributed by atoms with Crippen LogP contribution in [0.3, 0.4) is 0 Å². The minimum absolute atomic E-state index is 0.0785. The van der Waals surface area contributed by atoms with Crippen molar-refractivity contribution in [1.82, 2.24) is 14.4 Å². The monoisotopic (exact) mass is 365 g/mol. The van der Waals surface area contributed by atoms with Crippen LogP contribution in [0.15, 0.2) is 47.3 Å². The summed E-state index contributed by atoms with van der Waals surface area (Å²) in [6, 6.07) is 13.6. The van der Waals surface area contributed by atoms with Gasteiger partial charge in [-0.2, -0.15) is 0 Å². The predicted octanol–water partition coefficient (Wildman–Crippen LogP) is 2.80.